The van der Waals surface area contributed by atoms with Crippen molar-refractivity contribution in [1.29, 1.82) is 5.26 Å². The van der Waals surface area contributed by atoms with Gasteiger partial charge in [-0.2, -0.15) is 5.26 Å². The van der Waals surface area contributed by atoms with Gasteiger partial charge >= 0.3 is 0 Å². The molecule has 0 radical (unpaired) electrons. The third-order valence-corrected chi connectivity index (χ3v) is 7.87. The fraction of sp³-hybridized carbons (Fsp3) is 0.357. The third-order valence-electron chi connectivity index (χ3n) is 7.56. The molecule has 0 bridgehead atoms. The van der Waals surface area contributed by atoms with Gasteiger partial charge in [0.15, 0.2) is 11.2 Å². The monoisotopic (exact) mass is 521 g/mol. The van der Waals surface area contributed by atoms with Crippen LogP contribution in [0, 0.1) is 17.2 Å². The van der Waals surface area contributed by atoms with Crippen molar-refractivity contribution in [2.24, 2.45) is 5.92 Å². The Bertz CT molecular complexity index is 1300. The Balaban J connectivity index is 1.78. The summed E-state index contributed by atoms with van der Waals surface area (Å²) in [6.07, 6.45) is 1.73. The molecule has 0 amide bonds. The quantitative estimate of drug-likeness (QED) is 0.435. The lowest BCUT2D eigenvalue weighted by molar-refractivity contribution is -0.152. The molecule has 1 aliphatic carbocycles. The highest BCUT2D eigenvalue weighted by Crippen LogP contribution is 2.69. The molecule has 5 atom stereocenters. The fourth-order valence-electron chi connectivity index (χ4n) is 6.04. The van der Waals surface area contributed by atoms with Gasteiger partial charge in [-0.05, 0) is 35.0 Å². The van der Waals surface area contributed by atoms with Crippen LogP contribution in [0.4, 0.5) is 0 Å². The molecule has 2 aliphatic rings. The molecule has 2 N–H and O–H groups in total. The smallest absolute Gasteiger partial charge is 0.177 e. The van der Waals surface area contributed by atoms with Gasteiger partial charge in [-0.15, -0.1) is 0 Å². The zero-order valence-corrected chi connectivity index (χ0v) is 21.3. The number of aromatic nitrogens is 1. The summed E-state index contributed by atoms with van der Waals surface area (Å²) in [6, 6.07) is 18.7. The first-order valence-corrected chi connectivity index (χ1v) is 12.3. The summed E-state index contributed by atoms with van der Waals surface area (Å²) >= 11 is 6.60. The predicted molar refractivity (Wildman–Crippen MR) is 136 cm³/mol. The number of nitriles is 1. The van der Waals surface area contributed by atoms with Crippen molar-refractivity contribution in [1.82, 2.24) is 9.40 Å². The van der Waals surface area contributed by atoms with Crippen molar-refractivity contribution in [2.45, 2.75) is 23.2 Å². The molecular weight excluding hydrogens is 494 g/mol. The zero-order valence-electron chi connectivity index (χ0n) is 20.5. The summed E-state index contributed by atoms with van der Waals surface area (Å²) in [5, 5.41) is 34.2. The molecule has 0 spiro atoms. The van der Waals surface area contributed by atoms with E-state index in [2.05, 4.69) is 11.1 Å². The predicted octanol–water partition coefficient (Wildman–Crippen LogP) is 3.31. The van der Waals surface area contributed by atoms with Crippen LogP contribution in [0.2, 0.25) is 0 Å². The van der Waals surface area contributed by atoms with E-state index >= 15 is 0 Å². The summed E-state index contributed by atoms with van der Waals surface area (Å²) in [7, 11) is 3.08. The standard InChI is InChI=1S/C28H28ClN3O5/c1-35-13-12-32(29)17-21-24(19-6-4-3-5-7-19)28(20-10-8-18(14-30)9-11-20)27(34,26(21)33)25-22(36-2)15-31-16-23(25)37-28/h3-11,15-16,21,24,26,33-34H,12-13,17H2,1-2H3/t21-,24-,26-,27+,28+/m1/s1. The van der Waals surface area contributed by atoms with Gasteiger partial charge in [-0.1, -0.05) is 42.5 Å². The Kier molecular flexibility index (Phi) is 6.84. The van der Waals surface area contributed by atoms with E-state index in [9.17, 15) is 15.5 Å². The molecule has 5 rings (SSSR count). The second-order valence-corrected chi connectivity index (χ2v) is 9.84. The molecule has 37 heavy (non-hydrogen) atoms. The number of benzene rings is 2. The van der Waals surface area contributed by atoms with E-state index in [0.717, 1.165) is 5.56 Å². The molecule has 0 unspecified atom stereocenters. The minimum absolute atomic E-state index is 0.248. The number of hydrogen-bond donors (Lipinski definition) is 2. The molecule has 9 heteroatoms. The zero-order chi connectivity index (χ0) is 26.2. The van der Waals surface area contributed by atoms with Crippen LogP contribution in [-0.4, -0.2) is 59.6 Å². The van der Waals surface area contributed by atoms with Crippen molar-refractivity contribution in [3.63, 3.8) is 0 Å². The number of nitrogens with zero attached hydrogens (tertiary/aromatic N) is 3. The average molecular weight is 522 g/mol. The first-order valence-electron chi connectivity index (χ1n) is 12.0. The van der Waals surface area contributed by atoms with Crippen LogP contribution in [0.3, 0.4) is 0 Å². The lowest BCUT2D eigenvalue weighted by Crippen LogP contribution is -2.52. The average Bonchev–Trinajstić information content (AvgIpc) is 3.30. The van der Waals surface area contributed by atoms with E-state index in [4.69, 9.17) is 26.0 Å². The van der Waals surface area contributed by atoms with Crippen LogP contribution in [0.25, 0.3) is 0 Å². The topological polar surface area (TPSA) is 108 Å². The maximum Gasteiger partial charge on any atom is 0.177 e. The second-order valence-electron chi connectivity index (χ2n) is 9.37. The minimum atomic E-state index is -1.92. The van der Waals surface area contributed by atoms with Gasteiger partial charge in [-0.3, -0.25) is 4.98 Å². The first kappa shape index (κ1) is 25.5. The Morgan fingerprint density at radius 2 is 1.86 bits per heavy atom. The molecule has 192 valence electrons. The summed E-state index contributed by atoms with van der Waals surface area (Å²) in [6.45, 7) is 1.08. The molecule has 2 heterocycles. The van der Waals surface area contributed by atoms with Gasteiger partial charge in [0, 0.05) is 32.0 Å². The number of hydrogen-bond acceptors (Lipinski definition) is 8. The summed E-state index contributed by atoms with van der Waals surface area (Å²) < 4.78 is 19.1. The number of ether oxygens (including phenoxy) is 3. The van der Waals surface area contributed by atoms with Crippen molar-refractivity contribution < 1.29 is 24.4 Å². The number of halogens is 1. The van der Waals surface area contributed by atoms with Crippen LogP contribution in [0.1, 0.15) is 28.2 Å². The number of aliphatic hydroxyl groups is 2. The Labute approximate surface area is 220 Å². The van der Waals surface area contributed by atoms with Crippen LogP contribution in [0.15, 0.2) is 67.0 Å². The van der Waals surface area contributed by atoms with E-state index < -0.39 is 29.1 Å². The molecule has 1 aromatic heterocycles. The molecule has 2 aromatic carbocycles. The molecule has 1 saturated carbocycles. The van der Waals surface area contributed by atoms with Gasteiger partial charge in [0.25, 0.3) is 0 Å². The Morgan fingerprint density at radius 3 is 2.51 bits per heavy atom. The molecule has 1 aliphatic heterocycles. The fourth-order valence-corrected chi connectivity index (χ4v) is 6.27. The SMILES string of the molecule is COCCN(Cl)C[C@H]1[C@@H](O)[C@@]2(O)c3c(OC)cncc3O[C@@]2(c2ccc(C#N)cc2)[C@@H]1c1ccccc1. The summed E-state index contributed by atoms with van der Waals surface area (Å²) in [4.78, 5) is 4.23. The number of fused-ring (bicyclic) bond motifs is 3. The van der Waals surface area contributed by atoms with Crippen LogP contribution in [-0.2, 0) is 15.9 Å². The van der Waals surface area contributed by atoms with Crippen molar-refractivity contribution >= 4 is 11.8 Å². The molecular formula is C28H28ClN3O5. The third kappa shape index (κ3) is 3.78. The Hall–Kier alpha value is -3.19. The highest BCUT2D eigenvalue weighted by Gasteiger charge is 2.76. The minimum Gasteiger partial charge on any atom is -0.495 e. The van der Waals surface area contributed by atoms with Crippen LogP contribution in [0.5, 0.6) is 11.5 Å². The normalized spacial score (nSPS) is 27.9. The number of aliphatic hydroxyl groups excluding tert-OH is 1. The van der Waals surface area contributed by atoms with Gasteiger partial charge < -0.3 is 24.4 Å². The largest absolute Gasteiger partial charge is 0.495 e. The van der Waals surface area contributed by atoms with Crippen molar-refractivity contribution in [3.8, 4) is 17.6 Å². The van der Waals surface area contributed by atoms with Crippen LogP contribution < -0.4 is 9.47 Å². The van der Waals surface area contributed by atoms with Gasteiger partial charge in [0.05, 0.1) is 49.4 Å². The number of rotatable bonds is 8. The van der Waals surface area contributed by atoms with Gasteiger partial charge in [-0.25, -0.2) is 4.42 Å². The van der Waals surface area contributed by atoms with E-state index in [1.807, 2.05) is 30.3 Å². The molecule has 0 saturated heterocycles. The second kappa shape index (κ2) is 9.93. The number of methoxy groups -OCH3 is 2. The maximum atomic E-state index is 12.8. The summed E-state index contributed by atoms with van der Waals surface area (Å²) in [5.74, 6) is -0.457. The highest BCUT2D eigenvalue weighted by molar-refractivity contribution is 6.13. The Morgan fingerprint density at radius 1 is 1.14 bits per heavy atom. The van der Waals surface area contributed by atoms with Crippen molar-refractivity contribution in [2.75, 3.05) is 33.9 Å². The van der Waals surface area contributed by atoms with Crippen molar-refractivity contribution in [3.05, 3.63) is 89.2 Å². The maximum absolute atomic E-state index is 12.8. The van der Waals surface area contributed by atoms with Crippen LogP contribution >= 0.6 is 11.8 Å². The molecule has 3 aromatic rings. The van der Waals surface area contributed by atoms with E-state index in [1.165, 1.54) is 19.5 Å². The van der Waals surface area contributed by atoms with E-state index in [-0.39, 0.29) is 6.54 Å². The van der Waals surface area contributed by atoms with E-state index in [1.54, 1.807) is 35.8 Å². The first-order chi connectivity index (χ1) is 17.9. The van der Waals surface area contributed by atoms with Gasteiger partial charge in [0.2, 0.25) is 0 Å². The van der Waals surface area contributed by atoms with Gasteiger partial charge in [0.1, 0.15) is 11.5 Å². The number of pyridine rings is 1. The molecule has 8 nitrogen and oxygen atoms in total. The summed E-state index contributed by atoms with van der Waals surface area (Å²) in [5.41, 5.74) is -1.11. The molecule has 1 fully saturated rings. The van der Waals surface area contributed by atoms with E-state index in [0.29, 0.717) is 41.3 Å². The highest BCUT2D eigenvalue weighted by atomic mass is 35.5. The lowest BCUT2D eigenvalue weighted by Gasteiger charge is -2.41. The lowest BCUT2D eigenvalue weighted by atomic mass is 9.70.